The van der Waals surface area contributed by atoms with Gasteiger partial charge in [0.2, 0.25) is 0 Å². The van der Waals surface area contributed by atoms with E-state index in [0.29, 0.717) is 12.2 Å². The molecule has 1 aromatic rings. The number of halogens is 2. The van der Waals surface area contributed by atoms with Crippen molar-refractivity contribution in [1.82, 2.24) is 0 Å². The van der Waals surface area contributed by atoms with Crippen LogP contribution >= 0.6 is 0 Å². The summed E-state index contributed by atoms with van der Waals surface area (Å²) in [5, 5.41) is 0. The highest BCUT2D eigenvalue weighted by molar-refractivity contribution is 5.31. The molecule has 0 unspecified atom stereocenters. The molecule has 4 heteroatoms. The van der Waals surface area contributed by atoms with Crippen molar-refractivity contribution < 1.29 is 18.3 Å². The Bertz CT molecular complexity index is 357. The van der Waals surface area contributed by atoms with Gasteiger partial charge < -0.3 is 9.47 Å². The lowest BCUT2D eigenvalue weighted by Gasteiger charge is -2.10. The van der Waals surface area contributed by atoms with Crippen molar-refractivity contribution in [2.75, 3.05) is 13.7 Å². The Labute approximate surface area is 113 Å². The van der Waals surface area contributed by atoms with Gasteiger partial charge in [0, 0.05) is 7.11 Å². The second kappa shape index (κ2) is 8.86. The van der Waals surface area contributed by atoms with Crippen LogP contribution in [0.15, 0.2) is 12.1 Å². The Balaban J connectivity index is 2.45. The van der Waals surface area contributed by atoms with E-state index >= 15 is 0 Å². The first-order chi connectivity index (χ1) is 9.19. The summed E-state index contributed by atoms with van der Waals surface area (Å²) < 4.78 is 37.3. The monoisotopic (exact) mass is 272 g/mol. The van der Waals surface area contributed by atoms with E-state index in [2.05, 4.69) is 6.92 Å². The average Bonchev–Trinajstić information content (AvgIpc) is 2.36. The van der Waals surface area contributed by atoms with Crippen LogP contribution in [-0.2, 0) is 11.3 Å². The molecule has 0 amide bonds. The van der Waals surface area contributed by atoms with Gasteiger partial charge >= 0.3 is 0 Å². The first kappa shape index (κ1) is 15.9. The summed E-state index contributed by atoms with van der Waals surface area (Å²) in [6, 6.07) is 2.50. The SMILES string of the molecule is CCCCCCCOc1c(F)cc(COC)cc1F. The summed E-state index contributed by atoms with van der Waals surface area (Å²) >= 11 is 0. The molecule has 0 saturated carbocycles. The minimum absolute atomic E-state index is 0.186. The molecule has 0 aromatic heterocycles. The number of hydrogen-bond acceptors (Lipinski definition) is 2. The Morgan fingerprint density at radius 1 is 1.00 bits per heavy atom. The number of ether oxygens (including phenoxy) is 2. The van der Waals surface area contributed by atoms with E-state index in [1.807, 2.05) is 0 Å². The summed E-state index contributed by atoms with van der Waals surface area (Å²) in [5.41, 5.74) is 0.466. The maximum absolute atomic E-state index is 13.6. The quantitative estimate of drug-likeness (QED) is 0.618. The molecule has 1 rings (SSSR count). The highest BCUT2D eigenvalue weighted by Gasteiger charge is 2.12. The maximum atomic E-state index is 13.6. The van der Waals surface area contributed by atoms with Gasteiger partial charge in [-0.25, -0.2) is 8.78 Å². The Morgan fingerprint density at radius 2 is 1.63 bits per heavy atom. The molecule has 0 radical (unpaired) electrons. The van der Waals surface area contributed by atoms with Crippen LogP contribution in [0.4, 0.5) is 8.78 Å². The van der Waals surface area contributed by atoms with E-state index in [4.69, 9.17) is 9.47 Å². The van der Waals surface area contributed by atoms with Crippen molar-refractivity contribution in [3.8, 4) is 5.75 Å². The molecule has 0 N–H and O–H groups in total. The standard InChI is InChI=1S/C15H22F2O2/c1-3-4-5-6-7-8-19-15-13(16)9-12(11-18-2)10-14(15)17/h9-10H,3-8,11H2,1-2H3. The molecule has 0 saturated heterocycles. The van der Waals surface area contributed by atoms with Gasteiger partial charge in [0.1, 0.15) is 0 Å². The van der Waals surface area contributed by atoms with E-state index < -0.39 is 11.6 Å². The van der Waals surface area contributed by atoms with Gasteiger partial charge in [0.25, 0.3) is 0 Å². The number of rotatable bonds is 9. The molecule has 19 heavy (non-hydrogen) atoms. The lowest BCUT2D eigenvalue weighted by atomic mass is 10.2. The van der Waals surface area contributed by atoms with Crippen molar-refractivity contribution >= 4 is 0 Å². The molecule has 0 aliphatic heterocycles. The van der Waals surface area contributed by atoms with Crippen LogP contribution in [-0.4, -0.2) is 13.7 Å². The van der Waals surface area contributed by atoms with Crippen LogP contribution in [0, 0.1) is 11.6 Å². The zero-order chi connectivity index (χ0) is 14.1. The van der Waals surface area contributed by atoms with Crippen molar-refractivity contribution in [1.29, 1.82) is 0 Å². The molecule has 0 aliphatic carbocycles. The van der Waals surface area contributed by atoms with Gasteiger partial charge in [-0.1, -0.05) is 32.6 Å². The largest absolute Gasteiger partial charge is 0.488 e. The van der Waals surface area contributed by atoms with Crippen LogP contribution in [0.2, 0.25) is 0 Å². The molecule has 0 spiro atoms. The molecule has 0 aliphatic rings. The van der Waals surface area contributed by atoms with E-state index in [1.165, 1.54) is 32.1 Å². The van der Waals surface area contributed by atoms with Crippen LogP contribution in [0.1, 0.15) is 44.6 Å². The smallest absolute Gasteiger partial charge is 0.190 e. The Kier molecular flexibility index (Phi) is 7.41. The summed E-state index contributed by atoms with van der Waals surface area (Å²) in [4.78, 5) is 0. The van der Waals surface area contributed by atoms with E-state index in [9.17, 15) is 8.78 Å². The third-order valence-electron chi connectivity index (χ3n) is 2.86. The predicted octanol–water partition coefficient (Wildman–Crippen LogP) is 4.46. The lowest BCUT2D eigenvalue weighted by Crippen LogP contribution is -2.03. The van der Waals surface area contributed by atoms with Crippen molar-refractivity contribution in [3.05, 3.63) is 29.3 Å². The molecule has 0 heterocycles. The first-order valence-electron chi connectivity index (χ1n) is 6.78. The fourth-order valence-corrected chi connectivity index (χ4v) is 1.88. The Morgan fingerprint density at radius 3 is 2.21 bits per heavy atom. The minimum atomic E-state index is -0.666. The minimum Gasteiger partial charge on any atom is -0.488 e. The van der Waals surface area contributed by atoms with E-state index in [0.717, 1.165) is 19.3 Å². The highest BCUT2D eigenvalue weighted by Crippen LogP contribution is 2.24. The molecule has 0 fully saturated rings. The van der Waals surface area contributed by atoms with Gasteiger partial charge in [-0.15, -0.1) is 0 Å². The van der Waals surface area contributed by atoms with Gasteiger partial charge in [-0.2, -0.15) is 0 Å². The van der Waals surface area contributed by atoms with E-state index in [-0.39, 0.29) is 12.4 Å². The summed E-state index contributed by atoms with van der Waals surface area (Å²) in [5.74, 6) is -1.61. The lowest BCUT2D eigenvalue weighted by molar-refractivity contribution is 0.183. The molecule has 0 atom stereocenters. The normalized spacial score (nSPS) is 10.7. The topological polar surface area (TPSA) is 18.5 Å². The number of unbranched alkanes of at least 4 members (excludes halogenated alkanes) is 4. The molecule has 0 bridgehead atoms. The highest BCUT2D eigenvalue weighted by atomic mass is 19.1. The third kappa shape index (κ3) is 5.55. The fourth-order valence-electron chi connectivity index (χ4n) is 1.88. The molecule has 1 aromatic carbocycles. The predicted molar refractivity (Wildman–Crippen MR) is 71.3 cm³/mol. The molecular formula is C15H22F2O2. The number of benzene rings is 1. The van der Waals surface area contributed by atoms with Gasteiger partial charge in [0.05, 0.1) is 13.2 Å². The molecule has 2 nitrogen and oxygen atoms in total. The van der Waals surface area contributed by atoms with Crippen molar-refractivity contribution in [3.63, 3.8) is 0 Å². The second-order valence-corrected chi connectivity index (χ2v) is 4.58. The second-order valence-electron chi connectivity index (χ2n) is 4.58. The van der Waals surface area contributed by atoms with Crippen LogP contribution in [0.3, 0.4) is 0 Å². The first-order valence-corrected chi connectivity index (χ1v) is 6.78. The van der Waals surface area contributed by atoms with Crippen LogP contribution in [0.25, 0.3) is 0 Å². The van der Waals surface area contributed by atoms with E-state index in [1.54, 1.807) is 0 Å². The van der Waals surface area contributed by atoms with Crippen LogP contribution in [0.5, 0.6) is 5.75 Å². The number of hydrogen-bond donors (Lipinski definition) is 0. The summed E-state index contributed by atoms with van der Waals surface area (Å²) in [6.45, 7) is 2.68. The van der Waals surface area contributed by atoms with Gasteiger partial charge in [0.15, 0.2) is 17.4 Å². The zero-order valence-electron chi connectivity index (χ0n) is 11.7. The number of methoxy groups -OCH3 is 1. The molecule has 108 valence electrons. The maximum Gasteiger partial charge on any atom is 0.190 e. The Hall–Kier alpha value is -1.16. The van der Waals surface area contributed by atoms with Gasteiger partial charge in [-0.3, -0.25) is 0 Å². The average molecular weight is 272 g/mol. The van der Waals surface area contributed by atoms with Crippen molar-refractivity contribution in [2.45, 2.75) is 45.6 Å². The molecular weight excluding hydrogens is 250 g/mol. The zero-order valence-corrected chi connectivity index (χ0v) is 11.7. The van der Waals surface area contributed by atoms with Crippen molar-refractivity contribution in [2.24, 2.45) is 0 Å². The summed E-state index contributed by atoms with van der Waals surface area (Å²) in [6.07, 6.45) is 5.34. The van der Waals surface area contributed by atoms with Crippen LogP contribution < -0.4 is 4.74 Å². The third-order valence-corrected chi connectivity index (χ3v) is 2.86. The van der Waals surface area contributed by atoms with Gasteiger partial charge in [-0.05, 0) is 24.1 Å². The summed E-state index contributed by atoms with van der Waals surface area (Å²) in [7, 11) is 1.48. The fraction of sp³-hybridized carbons (Fsp3) is 0.600.